The molecule has 0 radical (unpaired) electrons. The van der Waals surface area contributed by atoms with E-state index in [0.29, 0.717) is 30.2 Å². The lowest BCUT2D eigenvalue weighted by Gasteiger charge is -2.15. The Labute approximate surface area is 175 Å². The van der Waals surface area contributed by atoms with E-state index in [1.54, 1.807) is 17.0 Å². The lowest BCUT2D eigenvalue weighted by atomic mass is 10.1. The van der Waals surface area contributed by atoms with Crippen LogP contribution in [0.5, 0.6) is 0 Å². The molecule has 2 heterocycles. The van der Waals surface area contributed by atoms with Gasteiger partial charge in [-0.15, -0.1) is 0 Å². The Morgan fingerprint density at radius 1 is 1.07 bits per heavy atom. The highest BCUT2D eigenvalue weighted by Gasteiger charge is 2.17. The number of hydrogen-bond acceptors (Lipinski definition) is 4. The third kappa shape index (κ3) is 5.30. The van der Waals surface area contributed by atoms with Gasteiger partial charge in [0.1, 0.15) is 12.4 Å². The van der Waals surface area contributed by atoms with Gasteiger partial charge in [0.25, 0.3) is 0 Å². The lowest BCUT2D eigenvalue weighted by Crippen LogP contribution is -3.08. The molecule has 2 aromatic carbocycles. The van der Waals surface area contributed by atoms with Crippen LogP contribution in [-0.2, 0) is 24.3 Å². The van der Waals surface area contributed by atoms with Crippen LogP contribution in [0.15, 0.2) is 53.1 Å². The van der Waals surface area contributed by atoms with Gasteiger partial charge in [0.15, 0.2) is 0 Å². The Balaban J connectivity index is 1.27. The number of carbonyl (C=O) groups excluding carboxylic acids is 1. The first-order valence-electron chi connectivity index (χ1n) is 10.4. The molecular formula is C23H26FN4O2+. The van der Waals surface area contributed by atoms with Gasteiger partial charge in [-0.2, -0.15) is 4.98 Å². The Morgan fingerprint density at radius 3 is 2.57 bits per heavy atom. The Hall–Kier alpha value is -3.06. The molecule has 1 aromatic heterocycles. The van der Waals surface area contributed by atoms with Gasteiger partial charge < -0.3 is 14.7 Å². The third-order valence-corrected chi connectivity index (χ3v) is 5.48. The number of rotatable bonds is 8. The second kappa shape index (κ2) is 9.63. The summed E-state index contributed by atoms with van der Waals surface area (Å²) >= 11 is 0. The number of benzene rings is 2. The molecular weight excluding hydrogens is 383 g/mol. The largest absolute Gasteiger partial charge is 0.352 e. The first kappa shape index (κ1) is 20.2. The fraction of sp³-hybridized carbons (Fsp3) is 0.348. The summed E-state index contributed by atoms with van der Waals surface area (Å²) in [5.41, 5.74) is 3.14. The van der Waals surface area contributed by atoms with Crippen LogP contribution in [0.3, 0.4) is 0 Å². The van der Waals surface area contributed by atoms with E-state index in [1.165, 1.54) is 49.2 Å². The van der Waals surface area contributed by atoms with Crippen LogP contribution in [0.4, 0.5) is 4.39 Å². The third-order valence-electron chi connectivity index (χ3n) is 5.48. The lowest BCUT2D eigenvalue weighted by molar-refractivity contribution is -0.901. The van der Waals surface area contributed by atoms with Gasteiger partial charge >= 0.3 is 0 Å². The van der Waals surface area contributed by atoms with Crippen LogP contribution in [-0.4, -0.2) is 29.1 Å². The van der Waals surface area contributed by atoms with E-state index < -0.39 is 0 Å². The molecule has 1 saturated heterocycles. The molecule has 156 valence electrons. The van der Waals surface area contributed by atoms with Crippen molar-refractivity contribution in [3.05, 3.63) is 71.4 Å². The maximum atomic E-state index is 13.0. The van der Waals surface area contributed by atoms with E-state index in [2.05, 4.69) is 33.7 Å². The first-order valence-corrected chi connectivity index (χ1v) is 10.4. The molecule has 7 heteroatoms. The summed E-state index contributed by atoms with van der Waals surface area (Å²) in [7, 11) is 0. The van der Waals surface area contributed by atoms with Crippen molar-refractivity contribution < 1.29 is 18.6 Å². The van der Waals surface area contributed by atoms with Gasteiger partial charge in [0.05, 0.1) is 13.1 Å². The van der Waals surface area contributed by atoms with E-state index in [1.807, 2.05) is 6.07 Å². The second-order valence-electron chi connectivity index (χ2n) is 7.70. The number of aryl methyl sites for hydroxylation is 1. The number of aromatic nitrogens is 2. The standard InChI is InChI=1S/C23H25FN4O2/c24-20-9-7-17(8-10-20)23-26-22(30-27-23)12-11-21(29)25-15-18-5-1-2-6-19(18)16-28-13-3-4-14-28/h1-2,5-10H,3-4,11-16H2,(H,25,29)/p+1. The quantitative estimate of drug-likeness (QED) is 0.599. The average molecular weight is 409 g/mol. The first-order chi connectivity index (χ1) is 14.7. The Bertz CT molecular complexity index is 981. The minimum absolute atomic E-state index is 0.0557. The van der Waals surface area contributed by atoms with Gasteiger partial charge in [-0.3, -0.25) is 4.79 Å². The zero-order chi connectivity index (χ0) is 20.8. The fourth-order valence-corrected chi connectivity index (χ4v) is 3.80. The van der Waals surface area contributed by atoms with Crippen molar-refractivity contribution in [1.29, 1.82) is 0 Å². The van der Waals surface area contributed by atoms with Crippen LogP contribution >= 0.6 is 0 Å². The van der Waals surface area contributed by atoms with Gasteiger partial charge in [0, 0.05) is 43.4 Å². The molecule has 0 saturated carbocycles. The van der Waals surface area contributed by atoms with Crippen molar-refractivity contribution in [2.75, 3.05) is 13.1 Å². The van der Waals surface area contributed by atoms with Crippen molar-refractivity contribution in [3.63, 3.8) is 0 Å². The molecule has 1 aliphatic heterocycles. The van der Waals surface area contributed by atoms with Crippen molar-refractivity contribution in [2.24, 2.45) is 0 Å². The normalized spacial score (nSPS) is 14.2. The van der Waals surface area contributed by atoms with Gasteiger partial charge in [-0.05, 0) is 29.8 Å². The highest BCUT2D eigenvalue weighted by molar-refractivity contribution is 5.76. The number of nitrogens with zero attached hydrogens (tertiary/aromatic N) is 2. The summed E-state index contributed by atoms with van der Waals surface area (Å²) in [6.45, 7) is 3.99. The number of likely N-dealkylation sites (tertiary alicyclic amines) is 1. The summed E-state index contributed by atoms with van der Waals surface area (Å²) in [6, 6.07) is 14.2. The van der Waals surface area contributed by atoms with E-state index in [9.17, 15) is 9.18 Å². The summed E-state index contributed by atoms with van der Waals surface area (Å²) in [4.78, 5) is 18.2. The molecule has 1 aliphatic rings. The van der Waals surface area contributed by atoms with Crippen molar-refractivity contribution >= 4 is 5.91 Å². The van der Waals surface area contributed by atoms with Crippen molar-refractivity contribution in [1.82, 2.24) is 15.5 Å². The number of carbonyl (C=O) groups is 1. The number of hydrogen-bond donors (Lipinski definition) is 2. The predicted molar refractivity (Wildman–Crippen MR) is 110 cm³/mol. The van der Waals surface area contributed by atoms with E-state index >= 15 is 0 Å². The molecule has 6 nitrogen and oxygen atoms in total. The summed E-state index contributed by atoms with van der Waals surface area (Å²) in [5, 5.41) is 6.90. The Kier molecular flexibility index (Phi) is 6.49. The number of nitrogens with one attached hydrogen (secondary N) is 2. The maximum absolute atomic E-state index is 13.0. The zero-order valence-corrected chi connectivity index (χ0v) is 16.9. The summed E-state index contributed by atoms with van der Waals surface area (Å²) < 4.78 is 18.2. The second-order valence-corrected chi connectivity index (χ2v) is 7.70. The Morgan fingerprint density at radius 2 is 1.80 bits per heavy atom. The van der Waals surface area contributed by atoms with Crippen LogP contribution in [0.25, 0.3) is 11.4 Å². The molecule has 3 aromatic rings. The molecule has 0 aliphatic carbocycles. The van der Waals surface area contributed by atoms with Crippen LogP contribution < -0.4 is 10.2 Å². The minimum Gasteiger partial charge on any atom is -0.352 e. The average Bonchev–Trinajstić information content (AvgIpc) is 3.44. The topological polar surface area (TPSA) is 72.5 Å². The van der Waals surface area contributed by atoms with Crippen molar-refractivity contribution in [3.8, 4) is 11.4 Å². The molecule has 1 amide bonds. The van der Waals surface area contributed by atoms with Crippen LogP contribution in [0.2, 0.25) is 0 Å². The van der Waals surface area contributed by atoms with E-state index in [-0.39, 0.29) is 18.1 Å². The highest BCUT2D eigenvalue weighted by atomic mass is 19.1. The van der Waals surface area contributed by atoms with Gasteiger partial charge in [-0.1, -0.05) is 29.4 Å². The maximum Gasteiger partial charge on any atom is 0.227 e. The molecule has 2 N–H and O–H groups in total. The molecule has 1 fully saturated rings. The summed E-state index contributed by atoms with van der Waals surface area (Å²) in [5.74, 6) is 0.411. The van der Waals surface area contributed by atoms with Gasteiger partial charge in [0.2, 0.25) is 17.6 Å². The zero-order valence-electron chi connectivity index (χ0n) is 16.9. The highest BCUT2D eigenvalue weighted by Crippen LogP contribution is 2.16. The van der Waals surface area contributed by atoms with E-state index in [0.717, 1.165) is 6.54 Å². The fourth-order valence-electron chi connectivity index (χ4n) is 3.80. The minimum atomic E-state index is -0.317. The van der Waals surface area contributed by atoms with Crippen LogP contribution in [0.1, 0.15) is 36.3 Å². The van der Waals surface area contributed by atoms with E-state index in [4.69, 9.17) is 4.52 Å². The van der Waals surface area contributed by atoms with Crippen molar-refractivity contribution in [2.45, 2.75) is 38.8 Å². The summed E-state index contributed by atoms with van der Waals surface area (Å²) in [6.07, 6.45) is 3.23. The molecule has 0 atom stereocenters. The van der Waals surface area contributed by atoms with Gasteiger partial charge in [-0.25, -0.2) is 4.39 Å². The molecule has 0 unspecified atom stereocenters. The number of amides is 1. The smallest absolute Gasteiger partial charge is 0.227 e. The van der Waals surface area contributed by atoms with Crippen LogP contribution in [0, 0.1) is 5.82 Å². The molecule has 0 bridgehead atoms. The monoisotopic (exact) mass is 409 g/mol. The molecule has 30 heavy (non-hydrogen) atoms. The molecule has 4 rings (SSSR count). The molecule has 0 spiro atoms. The number of quaternary nitrogens is 1. The SMILES string of the molecule is O=C(CCc1nc(-c2ccc(F)cc2)no1)NCc1ccccc1C[NH+]1CCCC1. The predicted octanol–water partition coefficient (Wildman–Crippen LogP) is 2.30. The number of halogens is 1.